The maximum atomic E-state index is 11.6. The summed E-state index contributed by atoms with van der Waals surface area (Å²) in [4.78, 5) is 27.2. The van der Waals surface area contributed by atoms with Crippen LogP contribution in [0.1, 0.15) is 26.2 Å². The Labute approximate surface area is 166 Å². The largest absolute Gasteiger partial charge is 0.480 e. The number of rotatable bonds is 9. The third-order valence-electron chi connectivity index (χ3n) is 3.79. The number of nitrogens with one attached hydrogen (secondary N) is 1. The Hall–Kier alpha value is -2.09. The van der Waals surface area contributed by atoms with Crippen molar-refractivity contribution in [2.75, 3.05) is 0 Å². The lowest BCUT2D eigenvalue weighted by Crippen LogP contribution is -2.48. The molecule has 7 nitrogen and oxygen atoms in total. The van der Waals surface area contributed by atoms with E-state index < -0.39 is 24.0 Å². The second kappa shape index (κ2) is 9.21. The summed E-state index contributed by atoms with van der Waals surface area (Å²) >= 11 is 11.9. The fourth-order valence-corrected chi connectivity index (χ4v) is 3.11. The number of hydrogen-bond acceptors (Lipinski definition) is 5. The van der Waals surface area contributed by atoms with Crippen molar-refractivity contribution in [1.82, 2.24) is 10.3 Å². The minimum Gasteiger partial charge on any atom is -0.480 e. The highest BCUT2D eigenvalue weighted by Crippen LogP contribution is 2.27. The first-order valence-corrected chi connectivity index (χ1v) is 9.03. The highest BCUT2D eigenvalue weighted by atomic mass is 35.5. The van der Waals surface area contributed by atoms with Crippen LogP contribution in [0.25, 0.3) is 11.3 Å². The van der Waals surface area contributed by atoms with E-state index in [1.54, 1.807) is 18.2 Å². The molecule has 9 heteroatoms. The Morgan fingerprint density at radius 1 is 1.11 bits per heavy atom. The summed E-state index contributed by atoms with van der Waals surface area (Å²) in [5, 5.41) is 22.3. The quantitative estimate of drug-likeness (QED) is 0.572. The molecule has 0 saturated carbocycles. The highest BCUT2D eigenvalue weighted by molar-refractivity contribution is 6.35. The van der Waals surface area contributed by atoms with Gasteiger partial charge in [0, 0.05) is 15.6 Å². The van der Waals surface area contributed by atoms with Crippen molar-refractivity contribution in [3.8, 4) is 11.3 Å². The number of aliphatic carboxylic acids is 2. The number of carboxylic acids is 2. The lowest BCUT2D eigenvalue weighted by atomic mass is 10.0. The first-order chi connectivity index (χ1) is 12.7. The summed E-state index contributed by atoms with van der Waals surface area (Å²) in [6.07, 6.45) is 1.57. The second-order valence-electron chi connectivity index (χ2n) is 6.57. The number of oxazole rings is 1. The van der Waals surface area contributed by atoms with E-state index in [0.717, 1.165) is 0 Å². The van der Waals surface area contributed by atoms with Crippen LogP contribution < -0.4 is 5.32 Å². The standard InChI is InChI=1S/C18H20Cl2N2O5/c1-9(2)3-13(17(23)24)21-14(18(25)26)7-16-22-15(8-27-16)10-4-11(19)6-12(20)5-10/h4-6,8-9,13-14,21H,3,7H2,1-2H3,(H,23,24)(H,25,26). The van der Waals surface area contributed by atoms with Gasteiger partial charge >= 0.3 is 11.9 Å². The third kappa shape index (κ3) is 6.23. The molecule has 27 heavy (non-hydrogen) atoms. The number of nitrogens with zero attached hydrogens (tertiary/aromatic N) is 1. The fourth-order valence-electron chi connectivity index (χ4n) is 2.59. The molecule has 1 aromatic carbocycles. The van der Waals surface area contributed by atoms with E-state index in [1.165, 1.54) is 6.26 Å². The van der Waals surface area contributed by atoms with Gasteiger partial charge in [0.25, 0.3) is 0 Å². The van der Waals surface area contributed by atoms with Crippen LogP contribution in [0.3, 0.4) is 0 Å². The average molecular weight is 415 g/mol. The summed E-state index contributed by atoms with van der Waals surface area (Å²) in [6.45, 7) is 3.73. The molecule has 0 radical (unpaired) electrons. The van der Waals surface area contributed by atoms with Gasteiger partial charge in [0.2, 0.25) is 0 Å². The minimum atomic E-state index is -1.18. The van der Waals surface area contributed by atoms with Gasteiger partial charge in [-0.1, -0.05) is 37.0 Å². The van der Waals surface area contributed by atoms with Gasteiger partial charge in [-0.15, -0.1) is 0 Å². The van der Waals surface area contributed by atoms with E-state index in [-0.39, 0.29) is 18.2 Å². The molecule has 2 rings (SSSR count). The monoisotopic (exact) mass is 414 g/mol. The van der Waals surface area contributed by atoms with E-state index >= 15 is 0 Å². The van der Waals surface area contributed by atoms with E-state index in [1.807, 2.05) is 13.8 Å². The van der Waals surface area contributed by atoms with E-state index in [0.29, 0.717) is 27.7 Å². The van der Waals surface area contributed by atoms with Crippen molar-refractivity contribution in [1.29, 1.82) is 0 Å². The molecule has 1 heterocycles. The van der Waals surface area contributed by atoms with Gasteiger partial charge < -0.3 is 14.6 Å². The third-order valence-corrected chi connectivity index (χ3v) is 4.23. The first-order valence-electron chi connectivity index (χ1n) is 8.28. The summed E-state index contributed by atoms with van der Waals surface area (Å²) in [5.41, 5.74) is 1.08. The predicted octanol–water partition coefficient (Wildman–Crippen LogP) is 3.73. The van der Waals surface area contributed by atoms with E-state index in [9.17, 15) is 19.8 Å². The van der Waals surface area contributed by atoms with Crippen LogP contribution in [0.2, 0.25) is 10.0 Å². The lowest BCUT2D eigenvalue weighted by molar-refractivity contribution is -0.143. The van der Waals surface area contributed by atoms with Crippen molar-refractivity contribution >= 4 is 35.1 Å². The van der Waals surface area contributed by atoms with E-state index in [4.69, 9.17) is 27.6 Å². The number of benzene rings is 1. The van der Waals surface area contributed by atoms with Gasteiger partial charge in [0.05, 0.1) is 6.42 Å². The number of carbonyl (C=O) groups is 2. The molecule has 1 aromatic heterocycles. The Morgan fingerprint density at radius 2 is 1.70 bits per heavy atom. The molecule has 0 bridgehead atoms. The predicted molar refractivity (Wildman–Crippen MR) is 101 cm³/mol. The second-order valence-corrected chi connectivity index (χ2v) is 7.44. The molecule has 0 aliphatic heterocycles. The zero-order valence-corrected chi connectivity index (χ0v) is 16.3. The van der Waals surface area contributed by atoms with Crippen molar-refractivity contribution in [3.63, 3.8) is 0 Å². The molecule has 2 aromatic rings. The van der Waals surface area contributed by atoms with Crippen LogP contribution in [-0.2, 0) is 16.0 Å². The highest BCUT2D eigenvalue weighted by Gasteiger charge is 2.28. The van der Waals surface area contributed by atoms with Crippen LogP contribution in [0.15, 0.2) is 28.9 Å². The zero-order chi connectivity index (χ0) is 20.1. The fraction of sp³-hybridized carbons (Fsp3) is 0.389. The summed E-state index contributed by atoms with van der Waals surface area (Å²) in [5.74, 6) is -2.03. The van der Waals surface area contributed by atoms with E-state index in [2.05, 4.69) is 10.3 Å². The van der Waals surface area contributed by atoms with Crippen molar-refractivity contribution in [3.05, 3.63) is 40.4 Å². The minimum absolute atomic E-state index is 0.0916. The topological polar surface area (TPSA) is 113 Å². The molecular formula is C18H20Cl2N2O5. The SMILES string of the molecule is CC(C)CC(NC(Cc1nc(-c2cc(Cl)cc(Cl)c2)co1)C(=O)O)C(=O)O. The number of carboxylic acid groups (broad SMARTS) is 2. The average Bonchev–Trinajstić information content (AvgIpc) is 3.00. The maximum absolute atomic E-state index is 11.6. The molecular weight excluding hydrogens is 395 g/mol. The molecule has 3 N–H and O–H groups in total. The number of halogens is 2. The summed E-state index contributed by atoms with van der Waals surface area (Å²) in [7, 11) is 0. The van der Waals surface area contributed by atoms with Crippen molar-refractivity contribution in [2.24, 2.45) is 5.92 Å². The molecule has 0 saturated heterocycles. The molecule has 146 valence electrons. The van der Waals surface area contributed by atoms with Gasteiger partial charge in [0.15, 0.2) is 5.89 Å². The van der Waals surface area contributed by atoms with Gasteiger partial charge in [-0.3, -0.25) is 14.9 Å². The Kier molecular flexibility index (Phi) is 7.24. The maximum Gasteiger partial charge on any atom is 0.321 e. The van der Waals surface area contributed by atoms with Crippen molar-refractivity contribution < 1.29 is 24.2 Å². The molecule has 2 unspecified atom stereocenters. The van der Waals surface area contributed by atoms with Gasteiger partial charge in [-0.25, -0.2) is 4.98 Å². The Bertz CT molecular complexity index is 802. The molecule has 2 atom stereocenters. The van der Waals surface area contributed by atoms with Gasteiger partial charge in [-0.2, -0.15) is 0 Å². The molecule has 0 aliphatic carbocycles. The molecule has 0 amide bonds. The Balaban J connectivity index is 2.16. The van der Waals surface area contributed by atoms with Crippen molar-refractivity contribution in [2.45, 2.75) is 38.8 Å². The van der Waals surface area contributed by atoms with Gasteiger partial charge in [0.1, 0.15) is 24.0 Å². The lowest BCUT2D eigenvalue weighted by Gasteiger charge is -2.20. The summed E-state index contributed by atoms with van der Waals surface area (Å²) in [6, 6.07) is 2.76. The summed E-state index contributed by atoms with van der Waals surface area (Å²) < 4.78 is 5.35. The van der Waals surface area contributed by atoms with Gasteiger partial charge in [-0.05, 0) is 30.5 Å². The first kappa shape index (κ1) is 21.2. The zero-order valence-electron chi connectivity index (χ0n) is 14.8. The van der Waals surface area contributed by atoms with Crippen LogP contribution in [0, 0.1) is 5.92 Å². The number of aromatic nitrogens is 1. The smallest absolute Gasteiger partial charge is 0.321 e. The molecule has 0 aliphatic rings. The normalized spacial score (nSPS) is 13.5. The number of hydrogen-bond donors (Lipinski definition) is 3. The van der Waals surface area contributed by atoms with Crippen LogP contribution in [0.4, 0.5) is 0 Å². The molecule has 0 fully saturated rings. The Morgan fingerprint density at radius 3 is 2.22 bits per heavy atom. The van der Waals surface area contributed by atoms with Crippen LogP contribution in [0.5, 0.6) is 0 Å². The molecule has 0 spiro atoms. The van der Waals surface area contributed by atoms with Crippen LogP contribution >= 0.6 is 23.2 Å². The van der Waals surface area contributed by atoms with Crippen LogP contribution in [-0.4, -0.2) is 39.2 Å².